The molecule has 21 heavy (non-hydrogen) atoms. The van der Waals surface area contributed by atoms with Crippen LogP contribution in [0.5, 0.6) is 0 Å². The van der Waals surface area contributed by atoms with Crippen LogP contribution in [0.25, 0.3) is 0 Å². The summed E-state index contributed by atoms with van der Waals surface area (Å²) < 4.78 is 62.2. The third kappa shape index (κ3) is 2.96. The Morgan fingerprint density at radius 1 is 1.29 bits per heavy atom. The van der Waals surface area contributed by atoms with E-state index < -0.39 is 40.9 Å². The second-order valence-corrected chi connectivity index (χ2v) is 3.73. The zero-order valence-electron chi connectivity index (χ0n) is 10.5. The summed E-state index contributed by atoms with van der Waals surface area (Å²) in [6.07, 6.45) is 0.867. The Hall–Kier alpha value is -2.58. The molecule has 0 spiro atoms. The number of nitrogens with zero attached hydrogens (tertiary/aromatic N) is 1. The van der Waals surface area contributed by atoms with E-state index in [1.54, 1.807) is 6.92 Å². The van der Waals surface area contributed by atoms with Gasteiger partial charge in [-0.15, -0.1) is 0 Å². The molecule has 2 rings (SSSR count). The smallest absolute Gasteiger partial charge is 0.360 e. The summed E-state index contributed by atoms with van der Waals surface area (Å²) in [4.78, 5) is 14.8. The second-order valence-electron chi connectivity index (χ2n) is 3.73. The van der Waals surface area contributed by atoms with E-state index in [4.69, 9.17) is 4.42 Å². The maximum absolute atomic E-state index is 13.4. The van der Waals surface area contributed by atoms with E-state index in [0.717, 1.165) is 6.26 Å². The minimum atomic E-state index is -1.65. The van der Waals surface area contributed by atoms with Gasteiger partial charge in [-0.1, -0.05) is 0 Å². The largest absolute Gasteiger partial charge is 0.461 e. The third-order valence-corrected chi connectivity index (χ3v) is 2.33. The summed E-state index contributed by atoms with van der Waals surface area (Å²) in [6, 6.07) is -0.462. The Labute approximate surface area is 115 Å². The van der Waals surface area contributed by atoms with Crippen molar-refractivity contribution < 1.29 is 31.5 Å². The van der Waals surface area contributed by atoms with Crippen LogP contribution in [-0.2, 0) is 4.74 Å². The summed E-state index contributed by atoms with van der Waals surface area (Å²) >= 11 is 0. The van der Waals surface area contributed by atoms with Crippen molar-refractivity contribution in [2.24, 2.45) is 0 Å². The quantitative estimate of drug-likeness (QED) is 0.534. The number of esters is 1. The van der Waals surface area contributed by atoms with Crippen LogP contribution in [0.3, 0.4) is 0 Å². The van der Waals surface area contributed by atoms with Gasteiger partial charge in [-0.05, 0) is 6.92 Å². The fourth-order valence-electron chi connectivity index (χ4n) is 1.42. The van der Waals surface area contributed by atoms with Crippen molar-refractivity contribution in [2.45, 2.75) is 6.92 Å². The lowest BCUT2D eigenvalue weighted by Gasteiger charge is -2.06. The lowest BCUT2D eigenvalue weighted by Crippen LogP contribution is -2.06. The molecule has 0 unspecified atom stereocenters. The molecule has 0 amide bonds. The molecule has 1 heterocycles. The Kier molecular flexibility index (Phi) is 4.10. The number of aromatic nitrogens is 1. The van der Waals surface area contributed by atoms with Gasteiger partial charge in [0.2, 0.25) is 0 Å². The lowest BCUT2D eigenvalue weighted by molar-refractivity contribution is 0.0519. The summed E-state index contributed by atoms with van der Waals surface area (Å²) in [5, 5.41) is 1.92. The highest BCUT2D eigenvalue weighted by Gasteiger charge is 2.21. The fourth-order valence-corrected chi connectivity index (χ4v) is 1.42. The van der Waals surface area contributed by atoms with Gasteiger partial charge in [0.25, 0.3) is 6.01 Å². The van der Waals surface area contributed by atoms with Crippen molar-refractivity contribution in [2.75, 3.05) is 11.9 Å². The maximum atomic E-state index is 13.4. The number of anilines is 2. The monoisotopic (exact) mass is 304 g/mol. The Bertz CT molecular complexity index is 661. The molecule has 5 nitrogen and oxygen atoms in total. The van der Waals surface area contributed by atoms with E-state index >= 15 is 0 Å². The number of benzene rings is 1. The zero-order valence-corrected chi connectivity index (χ0v) is 10.5. The predicted octanol–water partition coefficient (Wildman–Crippen LogP) is 3.15. The van der Waals surface area contributed by atoms with E-state index in [-0.39, 0.29) is 18.4 Å². The van der Waals surface area contributed by atoms with E-state index in [1.165, 1.54) is 0 Å². The van der Waals surface area contributed by atoms with Gasteiger partial charge in [0.1, 0.15) is 12.0 Å². The Balaban J connectivity index is 2.29. The molecule has 0 fully saturated rings. The van der Waals surface area contributed by atoms with Crippen LogP contribution in [0.1, 0.15) is 17.4 Å². The molecule has 0 aliphatic heterocycles. The second kappa shape index (κ2) is 5.81. The molecule has 0 bridgehead atoms. The highest BCUT2D eigenvalue weighted by Crippen LogP contribution is 2.27. The van der Waals surface area contributed by atoms with Crippen molar-refractivity contribution in [3.8, 4) is 0 Å². The number of carbonyl (C=O) groups excluding carboxylic acids is 1. The van der Waals surface area contributed by atoms with Crippen LogP contribution < -0.4 is 5.32 Å². The number of rotatable bonds is 4. The molecule has 0 saturated heterocycles. The standard InChI is InChI=1S/C12H8F4N2O3/c1-2-20-11(19)7-4-21-12(17-7)18-10-8(15)5(13)3-6(14)9(10)16/h3-4H,2H2,1H3,(H,17,18). The summed E-state index contributed by atoms with van der Waals surface area (Å²) in [6.45, 7) is 1.66. The third-order valence-electron chi connectivity index (χ3n) is 2.33. The first-order chi connectivity index (χ1) is 9.93. The number of nitrogens with one attached hydrogen (secondary N) is 1. The number of ether oxygens (including phenoxy) is 1. The van der Waals surface area contributed by atoms with E-state index in [1.807, 2.05) is 5.32 Å². The van der Waals surface area contributed by atoms with Gasteiger partial charge in [0.05, 0.1) is 6.61 Å². The molecule has 0 atom stereocenters. The van der Waals surface area contributed by atoms with Gasteiger partial charge >= 0.3 is 5.97 Å². The average Bonchev–Trinajstić information content (AvgIpc) is 2.90. The SMILES string of the molecule is CCOC(=O)c1coc(Nc2c(F)c(F)cc(F)c2F)n1. The molecule has 0 aliphatic carbocycles. The van der Waals surface area contributed by atoms with Gasteiger partial charge in [-0.2, -0.15) is 4.98 Å². The molecule has 1 aromatic heterocycles. The van der Waals surface area contributed by atoms with Crippen LogP contribution in [0, 0.1) is 23.3 Å². The Morgan fingerprint density at radius 2 is 1.90 bits per heavy atom. The normalized spacial score (nSPS) is 10.5. The van der Waals surface area contributed by atoms with Gasteiger partial charge in [-0.3, -0.25) is 0 Å². The van der Waals surface area contributed by atoms with E-state index in [2.05, 4.69) is 9.72 Å². The molecule has 0 radical (unpaired) electrons. The van der Waals surface area contributed by atoms with Crippen LogP contribution in [0.2, 0.25) is 0 Å². The number of oxazole rings is 1. The zero-order chi connectivity index (χ0) is 15.6. The Morgan fingerprint density at radius 3 is 2.48 bits per heavy atom. The molecule has 2 aromatic rings. The van der Waals surface area contributed by atoms with E-state index in [9.17, 15) is 22.4 Å². The van der Waals surface area contributed by atoms with Crippen LogP contribution in [-0.4, -0.2) is 17.6 Å². The molecular weight excluding hydrogens is 296 g/mol. The van der Waals surface area contributed by atoms with Crippen LogP contribution >= 0.6 is 0 Å². The predicted molar refractivity (Wildman–Crippen MR) is 62.0 cm³/mol. The van der Waals surface area contributed by atoms with Crippen molar-refractivity contribution in [1.29, 1.82) is 0 Å². The molecule has 0 aliphatic rings. The first kappa shape index (κ1) is 14.8. The molecule has 1 aromatic carbocycles. The summed E-state index contributed by atoms with van der Waals surface area (Å²) in [7, 11) is 0. The summed E-state index contributed by atoms with van der Waals surface area (Å²) in [5.74, 6) is -7.29. The van der Waals surface area contributed by atoms with Crippen molar-refractivity contribution in [3.63, 3.8) is 0 Å². The first-order valence-corrected chi connectivity index (χ1v) is 5.66. The topological polar surface area (TPSA) is 64.4 Å². The number of carbonyl (C=O) groups is 1. The molecular formula is C12H8F4N2O3. The van der Waals surface area contributed by atoms with Gasteiger partial charge < -0.3 is 14.5 Å². The average molecular weight is 304 g/mol. The van der Waals surface area contributed by atoms with Crippen LogP contribution in [0.4, 0.5) is 29.3 Å². The summed E-state index contributed by atoms with van der Waals surface area (Å²) in [5.41, 5.74) is -1.39. The van der Waals surface area contributed by atoms with Crippen molar-refractivity contribution in [3.05, 3.63) is 41.3 Å². The minimum Gasteiger partial charge on any atom is -0.461 e. The van der Waals surface area contributed by atoms with Gasteiger partial charge in [0, 0.05) is 6.07 Å². The maximum Gasteiger partial charge on any atom is 0.360 e. The molecule has 9 heteroatoms. The van der Waals surface area contributed by atoms with Gasteiger partial charge in [0.15, 0.2) is 29.0 Å². The fraction of sp³-hybridized carbons (Fsp3) is 0.167. The van der Waals surface area contributed by atoms with Crippen molar-refractivity contribution in [1.82, 2.24) is 4.98 Å². The minimum absolute atomic E-state index is 0.0649. The number of hydrogen-bond acceptors (Lipinski definition) is 5. The number of hydrogen-bond donors (Lipinski definition) is 1. The van der Waals surface area contributed by atoms with E-state index in [0.29, 0.717) is 0 Å². The lowest BCUT2D eigenvalue weighted by atomic mass is 10.2. The number of halogens is 4. The van der Waals surface area contributed by atoms with Crippen molar-refractivity contribution >= 4 is 17.7 Å². The highest BCUT2D eigenvalue weighted by atomic mass is 19.2. The van der Waals surface area contributed by atoms with Crippen LogP contribution in [0.15, 0.2) is 16.7 Å². The highest BCUT2D eigenvalue weighted by molar-refractivity contribution is 5.87. The molecule has 1 N–H and O–H groups in total. The molecule has 112 valence electrons. The molecule has 0 saturated carbocycles. The van der Waals surface area contributed by atoms with Gasteiger partial charge in [-0.25, -0.2) is 22.4 Å². The first-order valence-electron chi connectivity index (χ1n) is 5.66.